The molecule has 0 aliphatic carbocycles. The summed E-state index contributed by atoms with van der Waals surface area (Å²) in [6.45, 7) is 1.58. The monoisotopic (exact) mass is 371 g/mol. The molecule has 0 bridgehead atoms. The minimum absolute atomic E-state index is 0.0916. The van der Waals surface area contributed by atoms with Gasteiger partial charge < -0.3 is 5.11 Å². The number of carboxylic acid groups (broad SMARTS) is 1. The Kier molecular flexibility index (Phi) is 4.24. The highest BCUT2D eigenvalue weighted by molar-refractivity contribution is 9.10. The predicted octanol–water partition coefficient (Wildman–Crippen LogP) is 2.05. The molecule has 21 heavy (non-hydrogen) atoms. The van der Waals surface area contributed by atoms with Gasteiger partial charge in [0.25, 0.3) is 10.0 Å². The second kappa shape index (κ2) is 5.78. The highest BCUT2D eigenvalue weighted by atomic mass is 79.9. The zero-order valence-electron chi connectivity index (χ0n) is 10.7. The number of nitrogens with one attached hydrogen (secondary N) is 1. The second-order valence-electron chi connectivity index (χ2n) is 4.06. The van der Waals surface area contributed by atoms with Crippen molar-refractivity contribution in [3.8, 4) is 0 Å². The highest BCUT2D eigenvalue weighted by Gasteiger charge is 2.20. The van der Waals surface area contributed by atoms with Crippen molar-refractivity contribution >= 4 is 37.9 Å². The minimum atomic E-state index is -3.98. The minimum Gasteiger partial charge on any atom is -0.478 e. The van der Waals surface area contributed by atoms with Crippen molar-refractivity contribution < 1.29 is 18.3 Å². The van der Waals surface area contributed by atoms with Crippen molar-refractivity contribution in [2.75, 3.05) is 4.72 Å². The number of hydrogen-bond acceptors (Lipinski definition) is 5. The third kappa shape index (κ3) is 3.37. The van der Waals surface area contributed by atoms with E-state index in [1.54, 1.807) is 13.0 Å². The van der Waals surface area contributed by atoms with Gasteiger partial charge in [0.05, 0.1) is 10.5 Å². The SMILES string of the molecule is Cc1c(Br)cc(S(=O)(=O)Nc2ncccn2)cc1C(=O)O. The summed E-state index contributed by atoms with van der Waals surface area (Å²) >= 11 is 3.16. The van der Waals surface area contributed by atoms with Gasteiger partial charge in [-0.05, 0) is 30.7 Å². The van der Waals surface area contributed by atoms with Crippen molar-refractivity contribution in [1.82, 2.24) is 9.97 Å². The first-order chi connectivity index (χ1) is 9.81. The summed E-state index contributed by atoms with van der Waals surface area (Å²) < 4.78 is 27.0. The summed E-state index contributed by atoms with van der Waals surface area (Å²) in [5.41, 5.74) is 0.344. The van der Waals surface area contributed by atoms with E-state index in [2.05, 4.69) is 30.6 Å². The lowest BCUT2D eigenvalue weighted by Crippen LogP contribution is -2.16. The van der Waals surface area contributed by atoms with Crippen LogP contribution in [0.2, 0.25) is 0 Å². The highest BCUT2D eigenvalue weighted by Crippen LogP contribution is 2.25. The molecule has 0 amide bonds. The number of hydrogen-bond donors (Lipinski definition) is 2. The van der Waals surface area contributed by atoms with Crippen LogP contribution >= 0.6 is 15.9 Å². The lowest BCUT2D eigenvalue weighted by molar-refractivity contribution is 0.0695. The van der Waals surface area contributed by atoms with Gasteiger partial charge in [0.1, 0.15) is 0 Å². The van der Waals surface area contributed by atoms with E-state index < -0.39 is 16.0 Å². The predicted molar refractivity (Wildman–Crippen MR) is 78.7 cm³/mol. The summed E-state index contributed by atoms with van der Waals surface area (Å²) in [4.78, 5) is 18.5. The molecule has 0 unspecified atom stereocenters. The molecule has 2 rings (SSSR count). The van der Waals surface area contributed by atoms with Crippen LogP contribution in [-0.4, -0.2) is 29.5 Å². The summed E-state index contributed by atoms with van der Waals surface area (Å²) in [5.74, 6) is -1.30. The molecule has 1 heterocycles. The van der Waals surface area contributed by atoms with Gasteiger partial charge in [-0.2, -0.15) is 0 Å². The van der Waals surface area contributed by atoms with Crippen LogP contribution in [0.3, 0.4) is 0 Å². The number of halogens is 1. The number of carboxylic acids is 1. The van der Waals surface area contributed by atoms with Crippen LogP contribution in [0.25, 0.3) is 0 Å². The Morgan fingerprint density at radius 2 is 1.90 bits per heavy atom. The first-order valence-corrected chi connectivity index (χ1v) is 7.92. The van der Waals surface area contributed by atoms with Crippen molar-refractivity contribution in [2.45, 2.75) is 11.8 Å². The number of nitrogens with zero attached hydrogens (tertiary/aromatic N) is 2. The molecule has 2 N–H and O–H groups in total. The van der Waals surface area contributed by atoms with Gasteiger partial charge in [-0.15, -0.1) is 0 Å². The van der Waals surface area contributed by atoms with E-state index in [0.717, 1.165) is 6.07 Å². The molecular formula is C12H10BrN3O4S. The van der Waals surface area contributed by atoms with Gasteiger partial charge in [-0.3, -0.25) is 0 Å². The fraction of sp³-hybridized carbons (Fsp3) is 0.0833. The number of aromatic carboxylic acids is 1. The van der Waals surface area contributed by atoms with Crippen LogP contribution in [0, 0.1) is 6.92 Å². The van der Waals surface area contributed by atoms with Crippen molar-refractivity contribution in [1.29, 1.82) is 0 Å². The molecule has 9 heteroatoms. The van der Waals surface area contributed by atoms with Crippen LogP contribution in [-0.2, 0) is 10.0 Å². The fourth-order valence-electron chi connectivity index (χ4n) is 1.56. The van der Waals surface area contributed by atoms with Crippen molar-refractivity contribution in [3.63, 3.8) is 0 Å². The van der Waals surface area contributed by atoms with E-state index in [1.807, 2.05) is 0 Å². The number of aromatic nitrogens is 2. The van der Waals surface area contributed by atoms with E-state index in [0.29, 0.717) is 10.0 Å². The van der Waals surface area contributed by atoms with Gasteiger partial charge in [0.2, 0.25) is 5.95 Å². The van der Waals surface area contributed by atoms with Crippen molar-refractivity contribution in [2.24, 2.45) is 0 Å². The average molecular weight is 372 g/mol. The third-order valence-electron chi connectivity index (χ3n) is 2.65. The van der Waals surface area contributed by atoms with Crippen LogP contribution in [0.4, 0.5) is 5.95 Å². The molecule has 2 aromatic rings. The first kappa shape index (κ1) is 15.4. The fourth-order valence-corrected chi connectivity index (χ4v) is 3.18. The van der Waals surface area contributed by atoms with E-state index in [9.17, 15) is 13.2 Å². The topological polar surface area (TPSA) is 109 Å². The molecule has 1 aromatic carbocycles. The maximum absolute atomic E-state index is 12.2. The number of sulfonamides is 1. The van der Waals surface area contributed by atoms with Gasteiger partial charge >= 0.3 is 5.97 Å². The van der Waals surface area contributed by atoms with Gasteiger partial charge in [0.15, 0.2) is 0 Å². The zero-order chi connectivity index (χ0) is 15.6. The molecular weight excluding hydrogens is 362 g/mol. The maximum Gasteiger partial charge on any atom is 0.336 e. The number of carbonyl (C=O) groups is 1. The lowest BCUT2D eigenvalue weighted by atomic mass is 10.1. The Hall–Kier alpha value is -2.00. The number of rotatable bonds is 4. The van der Waals surface area contributed by atoms with Crippen LogP contribution in [0.15, 0.2) is 40.0 Å². The normalized spacial score (nSPS) is 11.1. The molecule has 0 saturated heterocycles. The quantitative estimate of drug-likeness (QED) is 0.850. The Bertz CT molecular complexity index is 794. The summed E-state index contributed by atoms with van der Waals surface area (Å²) in [6, 6.07) is 3.96. The largest absolute Gasteiger partial charge is 0.478 e. The third-order valence-corrected chi connectivity index (χ3v) is 4.78. The number of benzene rings is 1. The van der Waals surface area contributed by atoms with Crippen LogP contribution in [0.1, 0.15) is 15.9 Å². The molecule has 0 atom stereocenters. The summed E-state index contributed by atoms with van der Waals surface area (Å²) in [7, 11) is -3.98. The van der Waals surface area contributed by atoms with E-state index in [1.165, 1.54) is 18.5 Å². The Balaban J connectivity index is 2.48. The maximum atomic E-state index is 12.2. The average Bonchev–Trinajstić information content (AvgIpc) is 2.41. The molecule has 7 nitrogen and oxygen atoms in total. The first-order valence-electron chi connectivity index (χ1n) is 5.64. The van der Waals surface area contributed by atoms with Crippen LogP contribution < -0.4 is 4.72 Å². The van der Waals surface area contributed by atoms with Gasteiger partial charge in [-0.1, -0.05) is 15.9 Å². The van der Waals surface area contributed by atoms with E-state index in [4.69, 9.17) is 5.11 Å². The Labute approximate surface area is 129 Å². The molecule has 0 saturated carbocycles. The Morgan fingerprint density at radius 1 is 1.29 bits per heavy atom. The smallest absolute Gasteiger partial charge is 0.336 e. The summed E-state index contributed by atoms with van der Waals surface area (Å²) in [6.07, 6.45) is 2.77. The zero-order valence-corrected chi connectivity index (χ0v) is 13.1. The van der Waals surface area contributed by atoms with Gasteiger partial charge in [0, 0.05) is 16.9 Å². The van der Waals surface area contributed by atoms with Crippen molar-refractivity contribution in [3.05, 3.63) is 46.2 Å². The molecule has 0 radical (unpaired) electrons. The second-order valence-corrected chi connectivity index (χ2v) is 6.60. The molecule has 0 aliphatic rings. The number of anilines is 1. The van der Waals surface area contributed by atoms with Crippen LogP contribution in [0.5, 0.6) is 0 Å². The lowest BCUT2D eigenvalue weighted by Gasteiger charge is -2.10. The molecule has 0 spiro atoms. The Morgan fingerprint density at radius 3 is 2.48 bits per heavy atom. The standard InChI is InChI=1S/C12H10BrN3O4S/c1-7-9(11(17)18)5-8(6-10(7)13)21(19,20)16-12-14-3-2-4-15-12/h2-6H,1H3,(H,17,18)(H,14,15,16). The van der Waals surface area contributed by atoms with E-state index in [-0.39, 0.29) is 16.4 Å². The molecule has 0 aliphatic heterocycles. The molecule has 0 fully saturated rings. The van der Waals surface area contributed by atoms with Gasteiger partial charge in [-0.25, -0.2) is 27.9 Å². The summed E-state index contributed by atoms with van der Waals surface area (Å²) in [5, 5.41) is 9.11. The van der Waals surface area contributed by atoms with E-state index >= 15 is 0 Å². The molecule has 110 valence electrons. The molecule has 1 aromatic heterocycles.